The molecule has 0 saturated heterocycles. The molecule has 0 heterocycles. The summed E-state index contributed by atoms with van der Waals surface area (Å²) < 4.78 is 12.9. The van der Waals surface area contributed by atoms with E-state index in [0.717, 1.165) is 31.4 Å². The van der Waals surface area contributed by atoms with Crippen molar-refractivity contribution in [3.05, 3.63) is 35.4 Å². The van der Waals surface area contributed by atoms with Gasteiger partial charge in [0.1, 0.15) is 6.17 Å². The molecule has 1 atom stereocenters. The van der Waals surface area contributed by atoms with Crippen molar-refractivity contribution in [2.75, 3.05) is 6.54 Å². The molecule has 2 N–H and O–H groups in total. The van der Waals surface area contributed by atoms with Crippen LogP contribution in [-0.4, -0.2) is 12.7 Å². The number of hydrogen-bond donors (Lipinski definition) is 1. The van der Waals surface area contributed by atoms with Gasteiger partial charge in [-0.05, 0) is 43.9 Å². The van der Waals surface area contributed by atoms with Crippen LogP contribution in [-0.2, 0) is 12.8 Å². The monoisotopic (exact) mass is 209 g/mol. The first kappa shape index (κ1) is 12.2. The lowest BCUT2D eigenvalue weighted by Gasteiger charge is -2.09. The highest BCUT2D eigenvalue weighted by Gasteiger charge is 2.05. The van der Waals surface area contributed by atoms with Gasteiger partial charge in [-0.1, -0.05) is 24.3 Å². The van der Waals surface area contributed by atoms with Gasteiger partial charge in [-0.15, -0.1) is 0 Å². The number of benzene rings is 1. The Labute approximate surface area is 91.5 Å². The summed E-state index contributed by atoms with van der Waals surface area (Å²) in [5, 5.41) is 0. The summed E-state index contributed by atoms with van der Waals surface area (Å²) in [6.45, 7) is 2.35. The molecule has 0 aliphatic carbocycles. The summed E-state index contributed by atoms with van der Waals surface area (Å²) in [6.07, 6.45) is 2.91. The fraction of sp³-hybridized carbons (Fsp3) is 0.538. The smallest absolute Gasteiger partial charge is 0.101 e. The van der Waals surface area contributed by atoms with Crippen LogP contribution in [0.2, 0.25) is 0 Å². The van der Waals surface area contributed by atoms with Gasteiger partial charge >= 0.3 is 0 Å². The molecule has 1 aromatic rings. The maximum Gasteiger partial charge on any atom is 0.101 e. The average Bonchev–Trinajstić information content (AvgIpc) is 2.20. The number of hydrogen-bond acceptors (Lipinski definition) is 1. The molecule has 15 heavy (non-hydrogen) atoms. The molecule has 0 fully saturated rings. The van der Waals surface area contributed by atoms with E-state index >= 15 is 0 Å². The Morgan fingerprint density at radius 1 is 1.20 bits per heavy atom. The standard InChI is InChI=1S/C13H20FN/c1-11(14)10-13-8-3-2-6-12(13)7-4-5-9-15/h2-3,6,8,11H,4-5,7,9-10,15H2,1H3. The Kier molecular flexibility index (Phi) is 5.33. The van der Waals surface area contributed by atoms with E-state index in [-0.39, 0.29) is 0 Å². The molecule has 0 bridgehead atoms. The van der Waals surface area contributed by atoms with Crippen LogP contribution < -0.4 is 5.73 Å². The molecule has 1 rings (SSSR count). The van der Waals surface area contributed by atoms with Gasteiger partial charge < -0.3 is 5.73 Å². The van der Waals surface area contributed by atoms with E-state index in [4.69, 9.17) is 5.73 Å². The van der Waals surface area contributed by atoms with Gasteiger partial charge in [-0.3, -0.25) is 0 Å². The van der Waals surface area contributed by atoms with E-state index in [1.54, 1.807) is 6.92 Å². The van der Waals surface area contributed by atoms with Gasteiger partial charge in [0, 0.05) is 6.42 Å². The second kappa shape index (κ2) is 6.57. The first-order valence-corrected chi connectivity index (χ1v) is 5.65. The minimum Gasteiger partial charge on any atom is -0.330 e. The zero-order valence-electron chi connectivity index (χ0n) is 9.38. The second-order valence-corrected chi connectivity index (χ2v) is 4.00. The Hall–Kier alpha value is -0.890. The van der Waals surface area contributed by atoms with Crippen molar-refractivity contribution in [1.82, 2.24) is 0 Å². The highest BCUT2D eigenvalue weighted by molar-refractivity contribution is 5.27. The topological polar surface area (TPSA) is 26.0 Å². The summed E-state index contributed by atoms with van der Waals surface area (Å²) in [7, 11) is 0. The normalized spacial score (nSPS) is 12.7. The third kappa shape index (κ3) is 4.43. The highest BCUT2D eigenvalue weighted by Crippen LogP contribution is 2.14. The molecule has 0 aliphatic rings. The lowest BCUT2D eigenvalue weighted by Crippen LogP contribution is -2.04. The number of aryl methyl sites for hydroxylation is 1. The molecule has 0 radical (unpaired) electrons. The van der Waals surface area contributed by atoms with Gasteiger partial charge in [0.25, 0.3) is 0 Å². The van der Waals surface area contributed by atoms with Crippen LogP contribution in [0, 0.1) is 0 Å². The molecule has 0 saturated carbocycles. The quantitative estimate of drug-likeness (QED) is 0.716. The minimum absolute atomic E-state index is 0.527. The second-order valence-electron chi connectivity index (χ2n) is 4.00. The minimum atomic E-state index is -0.763. The number of unbranched alkanes of at least 4 members (excludes halogenated alkanes) is 1. The summed E-state index contributed by atoms with van der Waals surface area (Å²) >= 11 is 0. The Bertz CT molecular complexity index is 284. The first-order valence-electron chi connectivity index (χ1n) is 5.65. The van der Waals surface area contributed by atoms with Gasteiger partial charge in [0.15, 0.2) is 0 Å². The lowest BCUT2D eigenvalue weighted by atomic mass is 9.98. The van der Waals surface area contributed by atoms with E-state index < -0.39 is 6.17 Å². The van der Waals surface area contributed by atoms with Crippen LogP contribution >= 0.6 is 0 Å². The van der Waals surface area contributed by atoms with Crippen LogP contribution in [0.5, 0.6) is 0 Å². The Morgan fingerprint density at radius 2 is 1.87 bits per heavy atom. The largest absolute Gasteiger partial charge is 0.330 e. The van der Waals surface area contributed by atoms with E-state index in [0.29, 0.717) is 6.42 Å². The summed E-state index contributed by atoms with van der Waals surface area (Å²) in [4.78, 5) is 0. The molecule has 0 aromatic heterocycles. The number of nitrogens with two attached hydrogens (primary N) is 1. The van der Waals surface area contributed by atoms with Gasteiger partial charge in [0.2, 0.25) is 0 Å². The molecule has 1 aromatic carbocycles. The molecule has 2 heteroatoms. The molecule has 0 aliphatic heterocycles. The SMILES string of the molecule is CC(F)Cc1ccccc1CCCCN. The number of rotatable bonds is 6. The fourth-order valence-corrected chi connectivity index (χ4v) is 1.76. The van der Waals surface area contributed by atoms with Crippen LogP contribution in [0.3, 0.4) is 0 Å². The van der Waals surface area contributed by atoms with Crippen LogP contribution in [0.25, 0.3) is 0 Å². The molecular formula is C13H20FN. The number of halogens is 1. The predicted octanol–water partition coefficient (Wildman–Crippen LogP) is 2.87. The lowest BCUT2D eigenvalue weighted by molar-refractivity contribution is 0.359. The molecular weight excluding hydrogens is 189 g/mol. The third-order valence-electron chi connectivity index (χ3n) is 2.52. The summed E-state index contributed by atoms with van der Waals surface area (Å²) in [6, 6.07) is 8.11. The van der Waals surface area contributed by atoms with Crippen LogP contribution in [0.15, 0.2) is 24.3 Å². The van der Waals surface area contributed by atoms with Crippen molar-refractivity contribution >= 4 is 0 Å². The van der Waals surface area contributed by atoms with Crippen LogP contribution in [0.4, 0.5) is 4.39 Å². The van der Waals surface area contributed by atoms with E-state index in [1.165, 1.54) is 5.56 Å². The molecule has 84 valence electrons. The van der Waals surface area contributed by atoms with Crippen molar-refractivity contribution < 1.29 is 4.39 Å². The first-order chi connectivity index (χ1) is 7.24. The highest BCUT2D eigenvalue weighted by atomic mass is 19.1. The Balaban J connectivity index is 2.60. The third-order valence-corrected chi connectivity index (χ3v) is 2.52. The predicted molar refractivity (Wildman–Crippen MR) is 62.7 cm³/mol. The maximum atomic E-state index is 12.9. The van der Waals surface area contributed by atoms with E-state index in [1.807, 2.05) is 18.2 Å². The molecule has 0 amide bonds. The van der Waals surface area contributed by atoms with Gasteiger partial charge in [-0.25, -0.2) is 4.39 Å². The van der Waals surface area contributed by atoms with E-state index in [2.05, 4.69) is 6.07 Å². The molecule has 0 spiro atoms. The van der Waals surface area contributed by atoms with Crippen molar-refractivity contribution in [2.24, 2.45) is 5.73 Å². The van der Waals surface area contributed by atoms with Crippen molar-refractivity contribution in [2.45, 2.75) is 38.8 Å². The maximum absolute atomic E-state index is 12.9. The summed E-state index contributed by atoms with van der Waals surface area (Å²) in [5.41, 5.74) is 7.87. The van der Waals surface area contributed by atoms with E-state index in [9.17, 15) is 4.39 Å². The van der Waals surface area contributed by atoms with Crippen molar-refractivity contribution in [1.29, 1.82) is 0 Å². The zero-order valence-corrected chi connectivity index (χ0v) is 9.38. The molecule has 1 unspecified atom stereocenters. The fourth-order valence-electron chi connectivity index (χ4n) is 1.76. The average molecular weight is 209 g/mol. The van der Waals surface area contributed by atoms with Crippen molar-refractivity contribution in [3.8, 4) is 0 Å². The molecule has 1 nitrogen and oxygen atoms in total. The Morgan fingerprint density at radius 3 is 2.47 bits per heavy atom. The zero-order chi connectivity index (χ0) is 11.1. The van der Waals surface area contributed by atoms with Crippen LogP contribution in [0.1, 0.15) is 30.9 Å². The van der Waals surface area contributed by atoms with Gasteiger partial charge in [0.05, 0.1) is 0 Å². The van der Waals surface area contributed by atoms with Gasteiger partial charge in [-0.2, -0.15) is 0 Å². The summed E-state index contributed by atoms with van der Waals surface area (Å²) in [5.74, 6) is 0. The number of alkyl halides is 1. The van der Waals surface area contributed by atoms with Crippen molar-refractivity contribution in [3.63, 3.8) is 0 Å².